The van der Waals surface area contributed by atoms with E-state index in [2.05, 4.69) is 0 Å². The molecule has 0 spiro atoms. The quantitative estimate of drug-likeness (QED) is 0.229. The number of fused-ring (bicyclic) bond motifs is 3. The lowest BCUT2D eigenvalue weighted by Gasteiger charge is -2.43. The molecule has 1 fully saturated rings. The molecule has 0 bridgehead atoms. The summed E-state index contributed by atoms with van der Waals surface area (Å²) in [5.74, 6) is -1.33. The van der Waals surface area contributed by atoms with Gasteiger partial charge in [-0.05, 0) is 72.4 Å². The van der Waals surface area contributed by atoms with E-state index in [0.717, 1.165) is 30.3 Å². The van der Waals surface area contributed by atoms with Gasteiger partial charge >= 0.3 is 18.0 Å². The summed E-state index contributed by atoms with van der Waals surface area (Å²) in [6, 6.07) is 12.0. The highest BCUT2D eigenvalue weighted by molar-refractivity contribution is 7.92. The summed E-state index contributed by atoms with van der Waals surface area (Å²) < 4.78 is 137. The molecule has 0 aromatic heterocycles. The average molecular weight is 643 g/mol. The number of carbonyl (C=O) groups excluding carboxylic acids is 1. The van der Waals surface area contributed by atoms with Crippen molar-refractivity contribution in [1.82, 2.24) is 4.90 Å². The van der Waals surface area contributed by atoms with E-state index >= 15 is 0 Å². The van der Waals surface area contributed by atoms with Crippen molar-refractivity contribution in [3.8, 4) is 6.07 Å². The van der Waals surface area contributed by atoms with Crippen LogP contribution in [0.15, 0.2) is 71.6 Å². The fraction of sp³-hybridized carbons (Fsp3) is 0.333. The third-order valence-electron chi connectivity index (χ3n) is 8.41. The number of likely N-dealkylation sites (tertiary alicyclic amines) is 1. The number of halogens is 8. The minimum atomic E-state index is -6.37. The van der Waals surface area contributed by atoms with E-state index in [0.29, 0.717) is 11.6 Å². The first-order valence-electron chi connectivity index (χ1n) is 13.2. The van der Waals surface area contributed by atoms with Crippen LogP contribution in [-0.2, 0) is 33.1 Å². The van der Waals surface area contributed by atoms with Gasteiger partial charge in [0.2, 0.25) is 0 Å². The van der Waals surface area contributed by atoms with Crippen molar-refractivity contribution in [1.29, 1.82) is 5.26 Å². The molecule has 5 rings (SSSR count). The Balaban J connectivity index is 1.67. The number of amides is 1. The lowest BCUT2D eigenvalue weighted by atomic mass is 9.76. The van der Waals surface area contributed by atoms with Gasteiger partial charge < -0.3 is 4.90 Å². The molecule has 0 N–H and O–H groups in total. The first-order valence-corrected chi connectivity index (χ1v) is 14.7. The highest BCUT2D eigenvalue weighted by Crippen LogP contribution is 2.56. The number of carbonyl (C=O) groups is 1. The fourth-order valence-electron chi connectivity index (χ4n) is 6.32. The minimum Gasteiger partial charge on any atom is -0.334 e. The Bertz CT molecular complexity index is 1730. The van der Waals surface area contributed by atoms with E-state index in [1.165, 1.54) is 17.0 Å². The number of nitrogens with zero attached hydrogens (tertiary/aromatic N) is 2. The minimum absolute atomic E-state index is 0.0848. The molecule has 3 aromatic carbocycles. The summed E-state index contributed by atoms with van der Waals surface area (Å²) in [7, 11) is -4.59. The van der Waals surface area contributed by atoms with Crippen LogP contribution in [0, 0.1) is 17.1 Å². The molecule has 5 nitrogen and oxygen atoms in total. The molecule has 2 atom stereocenters. The summed E-state index contributed by atoms with van der Waals surface area (Å²) in [5, 5.41) is 8.90. The summed E-state index contributed by atoms with van der Waals surface area (Å²) >= 11 is 0. The highest BCUT2D eigenvalue weighted by atomic mass is 32.2. The van der Waals surface area contributed by atoms with Crippen LogP contribution in [-0.4, -0.2) is 44.2 Å². The molecule has 14 heteroatoms. The Kier molecular flexibility index (Phi) is 7.55. The monoisotopic (exact) mass is 642 g/mol. The van der Waals surface area contributed by atoms with Crippen molar-refractivity contribution in [3.05, 3.63) is 100 Å². The molecular weight excluding hydrogens is 620 g/mol. The normalized spacial score (nSPS) is 20.5. The Morgan fingerprint density at radius 2 is 1.55 bits per heavy atom. The lowest BCUT2D eigenvalue weighted by molar-refractivity contribution is -0.348. The predicted octanol–water partition coefficient (Wildman–Crippen LogP) is 6.71. The fourth-order valence-corrected chi connectivity index (χ4v) is 8.69. The second-order valence-corrected chi connectivity index (χ2v) is 12.9. The molecule has 1 amide bonds. The number of nitriles is 1. The van der Waals surface area contributed by atoms with Gasteiger partial charge in [-0.3, -0.25) is 4.79 Å². The molecule has 1 aliphatic carbocycles. The maximum absolute atomic E-state index is 15.0. The smallest absolute Gasteiger partial charge is 0.334 e. The first kappa shape index (κ1) is 31.4. The predicted molar refractivity (Wildman–Crippen MR) is 140 cm³/mol. The largest absolute Gasteiger partial charge is 0.435 e. The molecule has 232 valence electrons. The van der Waals surface area contributed by atoms with Crippen molar-refractivity contribution >= 4 is 15.7 Å². The molecule has 0 radical (unpaired) electrons. The molecule has 2 aliphatic rings. The Morgan fingerprint density at radius 3 is 2.11 bits per heavy atom. The summed E-state index contributed by atoms with van der Waals surface area (Å²) in [5.41, 5.74) is -7.07. The number of aryl methyl sites for hydroxylation is 1. The Morgan fingerprint density at radius 1 is 0.932 bits per heavy atom. The molecular formula is C30H22F8N2O3S. The van der Waals surface area contributed by atoms with Gasteiger partial charge in [-0.2, -0.15) is 31.6 Å². The Labute approximate surface area is 246 Å². The number of sulfone groups is 1. The van der Waals surface area contributed by atoms with Crippen molar-refractivity contribution in [2.75, 3.05) is 6.54 Å². The lowest BCUT2D eigenvalue weighted by Crippen LogP contribution is -2.53. The SMILES string of the molecule is N#CCc1ccc(C(=O)N2CC[C@@]3(S(=O)(=O)c4ccc(F)cc4)c4ccc(C(F)(C(F)(F)F)C(F)(F)F)cc4CC[C@@H]23)cc1. The third-order valence-corrected chi connectivity index (χ3v) is 11.0. The first-order chi connectivity index (χ1) is 20.5. The molecule has 1 aliphatic heterocycles. The van der Waals surface area contributed by atoms with Crippen LogP contribution in [0.1, 0.15) is 45.5 Å². The molecule has 0 saturated carbocycles. The summed E-state index contributed by atoms with van der Waals surface area (Å²) in [4.78, 5) is 14.6. The van der Waals surface area contributed by atoms with Crippen molar-refractivity contribution in [2.45, 2.75) is 59.4 Å². The van der Waals surface area contributed by atoms with E-state index < -0.39 is 55.9 Å². The number of benzene rings is 3. The molecule has 1 saturated heterocycles. The van der Waals surface area contributed by atoms with E-state index in [9.17, 15) is 48.3 Å². The van der Waals surface area contributed by atoms with Gasteiger partial charge in [0.25, 0.3) is 5.91 Å². The number of hydrogen-bond acceptors (Lipinski definition) is 4. The van der Waals surface area contributed by atoms with Gasteiger partial charge in [-0.1, -0.05) is 30.3 Å². The molecule has 3 aromatic rings. The van der Waals surface area contributed by atoms with E-state index in [-0.39, 0.29) is 59.9 Å². The van der Waals surface area contributed by atoms with Gasteiger partial charge in [0.05, 0.1) is 23.4 Å². The van der Waals surface area contributed by atoms with Gasteiger partial charge in [-0.25, -0.2) is 17.2 Å². The van der Waals surface area contributed by atoms with E-state index in [1.54, 1.807) is 12.1 Å². The average Bonchev–Trinajstić information content (AvgIpc) is 3.37. The van der Waals surface area contributed by atoms with Gasteiger partial charge in [-0.15, -0.1) is 0 Å². The zero-order valence-electron chi connectivity index (χ0n) is 22.5. The summed E-state index contributed by atoms with van der Waals surface area (Å²) in [6.07, 6.45) is -13.4. The number of rotatable bonds is 5. The standard InChI is InChI=1S/C30H22F8N2O3S/c31-22-7-9-23(10-8-22)44(42,43)27-14-16-40(26(41)19-3-1-18(2-4-19)13-15-39)25(27)12-5-20-17-21(6-11-24(20)27)28(32,29(33,34)35)30(36,37)38/h1-4,6-11,17,25H,5,12-14,16H2/t25-,27-/m1/s1. The third kappa shape index (κ3) is 4.63. The second-order valence-electron chi connectivity index (χ2n) is 10.7. The van der Waals surface area contributed by atoms with Crippen LogP contribution in [0.2, 0.25) is 0 Å². The van der Waals surface area contributed by atoms with Gasteiger partial charge in [0.15, 0.2) is 9.84 Å². The molecule has 0 unspecified atom stereocenters. The van der Waals surface area contributed by atoms with Crippen LogP contribution < -0.4 is 0 Å². The van der Waals surface area contributed by atoms with E-state index in [4.69, 9.17) is 5.26 Å². The van der Waals surface area contributed by atoms with Gasteiger partial charge in [0, 0.05) is 17.7 Å². The Hall–Kier alpha value is -3.99. The number of hydrogen-bond donors (Lipinski definition) is 0. The maximum Gasteiger partial charge on any atom is 0.435 e. The molecule has 44 heavy (non-hydrogen) atoms. The van der Waals surface area contributed by atoms with Crippen LogP contribution in [0.5, 0.6) is 0 Å². The van der Waals surface area contributed by atoms with Crippen molar-refractivity contribution in [3.63, 3.8) is 0 Å². The summed E-state index contributed by atoms with van der Waals surface area (Å²) in [6.45, 7) is -0.150. The van der Waals surface area contributed by atoms with Crippen LogP contribution >= 0.6 is 0 Å². The van der Waals surface area contributed by atoms with Gasteiger partial charge in [0.1, 0.15) is 10.6 Å². The number of alkyl halides is 7. The van der Waals surface area contributed by atoms with Crippen LogP contribution in [0.4, 0.5) is 35.1 Å². The zero-order chi connectivity index (χ0) is 32.3. The maximum atomic E-state index is 15.0. The second kappa shape index (κ2) is 10.6. The topological polar surface area (TPSA) is 78.2 Å². The van der Waals surface area contributed by atoms with Crippen molar-refractivity contribution in [2.24, 2.45) is 0 Å². The van der Waals surface area contributed by atoms with Crippen LogP contribution in [0.25, 0.3) is 0 Å². The molecule has 1 heterocycles. The highest BCUT2D eigenvalue weighted by Gasteiger charge is 2.73. The van der Waals surface area contributed by atoms with E-state index in [1.807, 2.05) is 6.07 Å². The zero-order valence-corrected chi connectivity index (χ0v) is 23.3. The van der Waals surface area contributed by atoms with Crippen molar-refractivity contribution < 1.29 is 48.3 Å². The van der Waals surface area contributed by atoms with Crippen LogP contribution in [0.3, 0.4) is 0 Å².